The molecule has 0 aromatic rings. The molecule has 1 N–H and O–H groups in total. The number of thioether (sulfide) groups is 1. The number of esters is 2. The smallest absolute Gasteiger partial charge is 0.330 e. The molecule has 0 aliphatic heterocycles. The Hall–Kier alpha value is -1.50. The summed E-state index contributed by atoms with van der Waals surface area (Å²) >= 11 is 1.62. The van der Waals surface area contributed by atoms with E-state index in [1.165, 1.54) is 7.11 Å². The summed E-state index contributed by atoms with van der Waals surface area (Å²) in [6.07, 6.45) is 2.20. The molecule has 126 valence electrons. The third kappa shape index (κ3) is 9.44. The van der Waals surface area contributed by atoms with Crippen molar-refractivity contribution in [1.82, 2.24) is 5.32 Å². The third-order valence-electron chi connectivity index (χ3n) is 2.73. The van der Waals surface area contributed by atoms with Crippen LogP contribution in [-0.4, -0.2) is 49.6 Å². The second-order valence-electron chi connectivity index (χ2n) is 5.25. The van der Waals surface area contributed by atoms with Gasteiger partial charge in [-0.25, -0.2) is 4.79 Å². The van der Waals surface area contributed by atoms with E-state index < -0.39 is 11.4 Å². The van der Waals surface area contributed by atoms with Gasteiger partial charge in [-0.15, -0.1) is 0 Å². The first-order valence-corrected chi connectivity index (χ1v) is 8.21. The molecule has 0 heterocycles. The van der Waals surface area contributed by atoms with Crippen LogP contribution in [0.25, 0.3) is 0 Å². The van der Waals surface area contributed by atoms with E-state index in [0.29, 0.717) is 18.7 Å². The van der Waals surface area contributed by atoms with Crippen LogP contribution in [0.15, 0.2) is 12.7 Å². The molecule has 22 heavy (non-hydrogen) atoms. The van der Waals surface area contributed by atoms with Gasteiger partial charge in [-0.2, -0.15) is 11.8 Å². The number of hydrogen-bond acceptors (Lipinski definition) is 6. The first-order valence-electron chi connectivity index (χ1n) is 7.05. The zero-order valence-electron chi connectivity index (χ0n) is 13.5. The highest BCUT2D eigenvalue weighted by Crippen LogP contribution is 2.23. The van der Waals surface area contributed by atoms with Crippen molar-refractivity contribution in [2.45, 2.75) is 26.7 Å². The molecule has 0 spiro atoms. The van der Waals surface area contributed by atoms with E-state index in [1.54, 1.807) is 11.8 Å². The lowest BCUT2D eigenvalue weighted by atomic mass is 9.97. The van der Waals surface area contributed by atoms with Gasteiger partial charge >= 0.3 is 11.9 Å². The van der Waals surface area contributed by atoms with Crippen LogP contribution in [-0.2, 0) is 23.9 Å². The van der Waals surface area contributed by atoms with Crippen molar-refractivity contribution in [3.63, 3.8) is 0 Å². The average molecular weight is 331 g/mol. The molecule has 0 fully saturated rings. The highest BCUT2D eigenvalue weighted by Gasteiger charge is 2.28. The monoisotopic (exact) mass is 331 g/mol. The van der Waals surface area contributed by atoms with Gasteiger partial charge in [0.2, 0.25) is 5.91 Å². The van der Waals surface area contributed by atoms with Crippen LogP contribution in [0.4, 0.5) is 0 Å². The van der Waals surface area contributed by atoms with Gasteiger partial charge in [-0.1, -0.05) is 6.58 Å². The Bertz CT molecular complexity index is 395. The SMILES string of the molecule is C=CC(=O)OCCNC(=O)CCCSCC(C)(C)C(=O)OC. The lowest BCUT2D eigenvalue weighted by Crippen LogP contribution is -2.28. The fourth-order valence-electron chi connectivity index (χ4n) is 1.49. The molecule has 7 heteroatoms. The van der Waals surface area contributed by atoms with Crippen LogP contribution in [0.5, 0.6) is 0 Å². The minimum Gasteiger partial charge on any atom is -0.469 e. The molecule has 0 saturated heterocycles. The molecule has 0 rings (SSSR count). The van der Waals surface area contributed by atoms with Gasteiger partial charge in [0.05, 0.1) is 19.1 Å². The Balaban J connectivity index is 3.63. The number of hydrogen-bond donors (Lipinski definition) is 1. The van der Waals surface area contributed by atoms with E-state index in [0.717, 1.165) is 18.2 Å². The van der Waals surface area contributed by atoms with Gasteiger partial charge < -0.3 is 14.8 Å². The zero-order valence-corrected chi connectivity index (χ0v) is 14.3. The summed E-state index contributed by atoms with van der Waals surface area (Å²) in [5.74, 6) is 0.631. The molecule has 1 amide bonds. The minimum absolute atomic E-state index is 0.0810. The molecule has 0 saturated carbocycles. The highest BCUT2D eigenvalue weighted by atomic mass is 32.2. The summed E-state index contributed by atoms with van der Waals surface area (Å²) in [5.41, 5.74) is -0.517. The molecule has 0 bridgehead atoms. The maximum atomic E-state index is 11.5. The maximum Gasteiger partial charge on any atom is 0.330 e. The number of ether oxygens (including phenoxy) is 2. The summed E-state index contributed by atoms with van der Waals surface area (Å²) in [6.45, 7) is 7.38. The van der Waals surface area contributed by atoms with Crippen LogP contribution >= 0.6 is 11.8 Å². The Morgan fingerprint density at radius 3 is 2.59 bits per heavy atom. The van der Waals surface area contributed by atoms with Gasteiger partial charge in [0.25, 0.3) is 0 Å². The zero-order chi connectivity index (χ0) is 17.0. The van der Waals surface area contributed by atoms with Gasteiger partial charge in [0.1, 0.15) is 6.61 Å². The Morgan fingerprint density at radius 2 is 2.00 bits per heavy atom. The van der Waals surface area contributed by atoms with Gasteiger partial charge in [-0.05, 0) is 26.0 Å². The summed E-state index contributed by atoms with van der Waals surface area (Å²) < 4.78 is 9.47. The predicted octanol–water partition coefficient (Wildman–Crippen LogP) is 1.54. The van der Waals surface area contributed by atoms with E-state index in [-0.39, 0.29) is 18.5 Å². The van der Waals surface area contributed by atoms with E-state index in [4.69, 9.17) is 9.47 Å². The molecule has 0 aliphatic rings. The van der Waals surface area contributed by atoms with Crippen LogP contribution in [0.1, 0.15) is 26.7 Å². The number of nitrogens with one attached hydrogen (secondary N) is 1. The van der Waals surface area contributed by atoms with Crippen LogP contribution in [0.3, 0.4) is 0 Å². The van der Waals surface area contributed by atoms with Crippen molar-refractivity contribution in [2.24, 2.45) is 5.41 Å². The summed E-state index contributed by atoms with van der Waals surface area (Å²) in [5, 5.41) is 2.66. The minimum atomic E-state index is -0.517. The topological polar surface area (TPSA) is 81.7 Å². The lowest BCUT2D eigenvalue weighted by molar-refractivity contribution is -0.149. The highest BCUT2D eigenvalue weighted by molar-refractivity contribution is 7.99. The maximum absolute atomic E-state index is 11.5. The fourth-order valence-corrected chi connectivity index (χ4v) is 2.61. The first-order chi connectivity index (χ1) is 10.3. The molecule has 0 aromatic carbocycles. The lowest BCUT2D eigenvalue weighted by Gasteiger charge is -2.20. The van der Waals surface area contributed by atoms with Crippen molar-refractivity contribution < 1.29 is 23.9 Å². The number of carbonyl (C=O) groups excluding carboxylic acids is 3. The van der Waals surface area contributed by atoms with E-state index in [2.05, 4.69) is 11.9 Å². The molecule has 0 unspecified atom stereocenters. The normalized spacial score (nSPS) is 10.7. The van der Waals surface area contributed by atoms with Crippen LogP contribution in [0.2, 0.25) is 0 Å². The van der Waals surface area contributed by atoms with Crippen molar-refractivity contribution in [3.8, 4) is 0 Å². The Labute approximate surface area is 136 Å². The third-order valence-corrected chi connectivity index (χ3v) is 4.23. The van der Waals surface area contributed by atoms with Crippen molar-refractivity contribution in [3.05, 3.63) is 12.7 Å². The van der Waals surface area contributed by atoms with Crippen molar-refractivity contribution in [2.75, 3.05) is 31.8 Å². The second-order valence-corrected chi connectivity index (χ2v) is 6.36. The molecule has 0 aliphatic carbocycles. The fraction of sp³-hybridized carbons (Fsp3) is 0.667. The summed E-state index contributed by atoms with van der Waals surface area (Å²) in [7, 11) is 1.38. The average Bonchev–Trinajstić information content (AvgIpc) is 2.49. The Kier molecular flexibility index (Phi) is 10.4. The number of carbonyl (C=O) groups is 3. The standard InChI is InChI=1S/C15H25NO5S/c1-5-13(18)21-9-8-16-12(17)7-6-10-22-11-15(2,3)14(19)20-4/h5H,1,6-11H2,2-4H3,(H,16,17). The molecular weight excluding hydrogens is 306 g/mol. The predicted molar refractivity (Wildman–Crippen MR) is 86.5 cm³/mol. The first kappa shape index (κ1) is 20.5. The largest absolute Gasteiger partial charge is 0.469 e. The van der Waals surface area contributed by atoms with Crippen molar-refractivity contribution in [1.29, 1.82) is 0 Å². The number of amides is 1. The molecule has 0 aromatic heterocycles. The second kappa shape index (κ2) is 11.1. The summed E-state index contributed by atoms with van der Waals surface area (Å²) in [6, 6.07) is 0. The van der Waals surface area contributed by atoms with E-state index >= 15 is 0 Å². The van der Waals surface area contributed by atoms with Gasteiger partial charge in [0.15, 0.2) is 0 Å². The van der Waals surface area contributed by atoms with Gasteiger partial charge in [-0.3, -0.25) is 9.59 Å². The molecule has 6 nitrogen and oxygen atoms in total. The van der Waals surface area contributed by atoms with Crippen molar-refractivity contribution >= 4 is 29.6 Å². The van der Waals surface area contributed by atoms with Crippen LogP contribution < -0.4 is 5.32 Å². The molecule has 0 atom stereocenters. The number of rotatable bonds is 11. The van der Waals surface area contributed by atoms with Crippen LogP contribution in [0, 0.1) is 5.41 Å². The quantitative estimate of drug-likeness (QED) is 0.351. The van der Waals surface area contributed by atoms with Gasteiger partial charge in [0, 0.05) is 18.2 Å². The van der Waals surface area contributed by atoms with E-state index in [9.17, 15) is 14.4 Å². The molecule has 0 radical (unpaired) electrons. The Morgan fingerprint density at radius 1 is 1.32 bits per heavy atom. The number of methoxy groups -OCH3 is 1. The molecular formula is C15H25NO5S. The van der Waals surface area contributed by atoms with E-state index in [1.807, 2.05) is 13.8 Å². The summed E-state index contributed by atoms with van der Waals surface area (Å²) in [4.78, 5) is 33.8.